The maximum atomic E-state index is 11.8. The lowest BCUT2D eigenvalue weighted by Crippen LogP contribution is -1.98. The fourth-order valence-electron chi connectivity index (χ4n) is 1.41. The van der Waals surface area contributed by atoms with Gasteiger partial charge in [-0.2, -0.15) is 11.8 Å². The summed E-state index contributed by atoms with van der Waals surface area (Å²) in [6.45, 7) is 4.07. The van der Waals surface area contributed by atoms with E-state index in [0.29, 0.717) is 12.2 Å². The first-order valence-corrected chi connectivity index (χ1v) is 6.95. The molecule has 0 amide bonds. The van der Waals surface area contributed by atoms with Crippen LogP contribution in [0.1, 0.15) is 33.0 Å². The lowest BCUT2D eigenvalue weighted by Gasteiger charge is -1.98. The SMILES string of the molecule is CSCCCC(=O)c1sc(C)cc1C. The van der Waals surface area contributed by atoms with Crippen molar-refractivity contribution >= 4 is 28.9 Å². The fraction of sp³-hybridized carbons (Fsp3) is 0.545. The molecule has 0 atom stereocenters. The second kappa shape index (κ2) is 5.56. The number of aryl methyl sites for hydroxylation is 2. The number of ketones is 1. The van der Waals surface area contributed by atoms with E-state index in [9.17, 15) is 4.79 Å². The fourth-order valence-corrected chi connectivity index (χ4v) is 2.84. The Balaban J connectivity index is 2.56. The van der Waals surface area contributed by atoms with Crippen molar-refractivity contribution < 1.29 is 4.79 Å². The summed E-state index contributed by atoms with van der Waals surface area (Å²) in [6.07, 6.45) is 3.77. The number of thiophene rings is 1. The van der Waals surface area contributed by atoms with E-state index in [0.717, 1.165) is 22.6 Å². The van der Waals surface area contributed by atoms with Crippen LogP contribution < -0.4 is 0 Å². The molecule has 1 rings (SSSR count). The Kier molecular flexibility index (Phi) is 4.69. The molecule has 0 aliphatic heterocycles. The molecule has 0 N–H and O–H groups in total. The van der Waals surface area contributed by atoms with Gasteiger partial charge in [0.05, 0.1) is 4.88 Å². The molecular weight excluding hydrogens is 212 g/mol. The Morgan fingerprint density at radius 3 is 2.71 bits per heavy atom. The highest BCUT2D eigenvalue weighted by Gasteiger charge is 2.11. The predicted molar refractivity (Wildman–Crippen MR) is 65.7 cm³/mol. The molecule has 0 aliphatic carbocycles. The summed E-state index contributed by atoms with van der Waals surface area (Å²) in [5.74, 6) is 1.39. The van der Waals surface area contributed by atoms with Crippen LogP contribution in [0, 0.1) is 13.8 Å². The Hall–Kier alpha value is -0.280. The first kappa shape index (κ1) is 11.8. The molecule has 78 valence electrons. The third-order valence-corrected chi connectivity index (χ3v) is 3.94. The molecule has 0 spiro atoms. The second-order valence-electron chi connectivity index (χ2n) is 3.39. The molecular formula is C11H16OS2. The van der Waals surface area contributed by atoms with Gasteiger partial charge in [0.15, 0.2) is 5.78 Å². The first-order valence-electron chi connectivity index (χ1n) is 4.74. The topological polar surface area (TPSA) is 17.1 Å². The Morgan fingerprint density at radius 1 is 1.50 bits per heavy atom. The van der Waals surface area contributed by atoms with Gasteiger partial charge < -0.3 is 0 Å². The van der Waals surface area contributed by atoms with Crippen molar-refractivity contribution in [2.75, 3.05) is 12.0 Å². The van der Waals surface area contributed by atoms with Gasteiger partial charge in [-0.3, -0.25) is 4.79 Å². The normalized spacial score (nSPS) is 10.5. The van der Waals surface area contributed by atoms with E-state index in [1.54, 1.807) is 23.1 Å². The summed E-state index contributed by atoms with van der Waals surface area (Å²) in [6, 6.07) is 2.09. The summed E-state index contributed by atoms with van der Waals surface area (Å²) < 4.78 is 0. The second-order valence-corrected chi connectivity index (χ2v) is 5.63. The highest BCUT2D eigenvalue weighted by Crippen LogP contribution is 2.22. The quantitative estimate of drug-likeness (QED) is 0.565. The van der Waals surface area contributed by atoms with Crippen molar-refractivity contribution in [1.82, 2.24) is 0 Å². The van der Waals surface area contributed by atoms with E-state index in [1.165, 1.54) is 4.88 Å². The van der Waals surface area contributed by atoms with E-state index >= 15 is 0 Å². The molecule has 0 fully saturated rings. The number of carbonyl (C=O) groups excluding carboxylic acids is 1. The van der Waals surface area contributed by atoms with Gasteiger partial charge in [0.2, 0.25) is 0 Å². The van der Waals surface area contributed by atoms with E-state index < -0.39 is 0 Å². The average Bonchev–Trinajstić information content (AvgIpc) is 2.45. The molecule has 1 nitrogen and oxygen atoms in total. The maximum absolute atomic E-state index is 11.8. The minimum atomic E-state index is 0.314. The lowest BCUT2D eigenvalue weighted by molar-refractivity contribution is 0.0985. The zero-order valence-corrected chi connectivity index (χ0v) is 10.6. The zero-order chi connectivity index (χ0) is 10.6. The molecule has 1 aromatic rings. The summed E-state index contributed by atoms with van der Waals surface area (Å²) in [7, 11) is 0. The molecule has 1 aromatic heterocycles. The largest absolute Gasteiger partial charge is 0.293 e. The minimum absolute atomic E-state index is 0.314. The lowest BCUT2D eigenvalue weighted by atomic mass is 10.1. The molecule has 0 unspecified atom stereocenters. The molecule has 1 heterocycles. The highest BCUT2D eigenvalue weighted by atomic mass is 32.2. The van der Waals surface area contributed by atoms with Crippen LogP contribution in [-0.2, 0) is 0 Å². The van der Waals surface area contributed by atoms with Crippen LogP contribution in [0.5, 0.6) is 0 Å². The minimum Gasteiger partial charge on any atom is -0.293 e. The maximum Gasteiger partial charge on any atom is 0.173 e. The summed E-state index contributed by atoms with van der Waals surface area (Å²) in [5, 5.41) is 0. The van der Waals surface area contributed by atoms with Crippen LogP contribution in [-0.4, -0.2) is 17.8 Å². The Labute approximate surface area is 93.9 Å². The van der Waals surface area contributed by atoms with E-state index in [-0.39, 0.29) is 0 Å². The molecule has 0 saturated carbocycles. The van der Waals surface area contributed by atoms with E-state index in [2.05, 4.69) is 19.2 Å². The standard InChI is InChI=1S/C11H16OS2/c1-8-7-9(2)14-11(8)10(12)5-4-6-13-3/h7H,4-6H2,1-3H3. The van der Waals surface area contributed by atoms with Gasteiger partial charge in [0.25, 0.3) is 0 Å². The van der Waals surface area contributed by atoms with Gasteiger partial charge in [-0.25, -0.2) is 0 Å². The number of hydrogen-bond acceptors (Lipinski definition) is 3. The van der Waals surface area contributed by atoms with Crippen LogP contribution in [0.2, 0.25) is 0 Å². The van der Waals surface area contributed by atoms with Crippen molar-refractivity contribution in [1.29, 1.82) is 0 Å². The Morgan fingerprint density at radius 2 is 2.21 bits per heavy atom. The van der Waals surface area contributed by atoms with Crippen LogP contribution >= 0.6 is 23.1 Å². The van der Waals surface area contributed by atoms with Crippen LogP contribution in [0.15, 0.2) is 6.07 Å². The van der Waals surface area contributed by atoms with Crippen molar-refractivity contribution in [2.45, 2.75) is 26.7 Å². The Bertz CT molecular complexity index is 315. The van der Waals surface area contributed by atoms with Crippen LogP contribution in [0.3, 0.4) is 0 Å². The third-order valence-electron chi connectivity index (χ3n) is 2.05. The van der Waals surface area contributed by atoms with Gasteiger partial charge in [-0.15, -0.1) is 11.3 Å². The van der Waals surface area contributed by atoms with Gasteiger partial charge >= 0.3 is 0 Å². The highest BCUT2D eigenvalue weighted by molar-refractivity contribution is 7.98. The molecule has 0 saturated heterocycles. The monoisotopic (exact) mass is 228 g/mol. The molecule has 0 radical (unpaired) electrons. The van der Waals surface area contributed by atoms with Gasteiger partial charge in [0.1, 0.15) is 0 Å². The predicted octanol–water partition coefficient (Wildman–Crippen LogP) is 3.69. The number of Topliss-reactive ketones (excluding diaryl/α,β-unsaturated/α-hetero) is 1. The van der Waals surface area contributed by atoms with Crippen LogP contribution in [0.4, 0.5) is 0 Å². The molecule has 3 heteroatoms. The van der Waals surface area contributed by atoms with Crippen molar-refractivity contribution in [3.05, 3.63) is 21.4 Å². The summed E-state index contributed by atoms with van der Waals surface area (Å²) in [4.78, 5) is 13.9. The molecule has 0 aromatic carbocycles. The summed E-state index contributed by atoms with van der Waals surface area (Å²) >= 11 is 3.42. The van der Waals surface area contributed by atoms with E-state index in [4.69, 9.17) is 0 Å². The van der Waals surface area contributed by atoms with Gasteiger partial charge in [-0.1, -0.05) is 0 Å². The molecule has 0 aliphatic rings. The molecule has 0 bridgehead atoms. The average molecular weight is 228 g/mol. The number of rotatable bonds is 5. The summed E-state index contributed by atoms with van der Waals surface area (Å²) in [5.41, 5.74) is 1.14. The van der Waals surface area contributed by atoms with Crippen molar-refractivity contribution in [2.24, 2.45) is 0 Å². The van der Waals surface area contributed by atoms with E-state index in [1.807, 2.05) is 6.92 Å². The third kappa shape index (κ3) is 3.14. The van der Waals surface area contributed by atoms with Crippen molar-refractivity contribution in [3.63, 3.8) is 0 Å². The first-order chi connectivity index (χ1) is 6.65. The molecule has 14 heavy (non-hydrogen) atoms. The van der Waals surface area contributed by atoms with Gasteiger partial charge in [-0.05, 0) is 43.9 Å². The van der Waals surface area contributed by atoms with Crippen LogP contribution in [0.25, 0.3) is 0 Å². The zero-order valence-electron chi connectivity index (χ0n) is 8.92. The smallest absolute Gasteiger partial charge is 0.173 e. The number of hydrogen-bond donors (Lipinski definition) is 0. The van der Waals surface area contributed by atoms with Crippen molar-refractivity contribution in [3.8, 4) is 0 Å². The van der Waals surface area contributed by atoms with Gasteiger partial charge in [0, 0.05) is 11.3 Å². The number of carbonyl (C=O) groups is 1. The number of thioether (sulfide) groups is 1.